The van der Waals surface area contributed by atoms with E-state index < -0.39 is 0 Å². The van der Waals surface area contributed by atoms with Crippen molar-refractivity contribution in [3.63, 3.8) is 0 Å². The van der Waals surface area contributed by atoms with E-state index in [4.69, 9.17) is 0 Å². The van der Waals surface area contributed by atoms with Crippen molar-refractivity contribution in [3.05, 3.63) is 53.6 Å². The Morgan fingerprint density at radius 2 is 1.68 bits per heavy atom. The van der Waals surface area contributed by atoms with Gasteiger partial charge in [-0.2, -0.15) is 0 Å². The van der Waals surface area contributed by atoms with E-state index in [9.17, 15) is 0 Å². The van der Waals surface area contributed by atoms with Gasteiger partial charge >= 0.3 is 0 Å². The van der Waals surface area contributed by atoms with Gasteiger partial charge in [-0.25, -0.2) is 0 Å². The van der Waals surface area contributed by atoms with Crippen LogP contribution in [0.2, 0.25) is 0 Å². The van der Waals surface area contributed by atoms with Gasteiger partial charge in [0.1, 0.15) is 0 Å². The normalized spacial score (nSPS) is 42.7. The van der Waals surface area contributed by atoms with Gasteiger partial charge in [0.05, 0.1) is 0 Å². The standard InChI is InChI=1S/C25H32/c1-24-16-7-6-10-19(24)11-12-20-22-14-13-21(18-8-4-3-5-9-18)25(22,2)17-15-23(20)24/h3-5,8-9,11,13,20,22-23H,6-7,10,12,14-17H2,1-2H3/t20?,22?,23?,24-,25+/m0/s1. The van der Waals surface area contributed by atoms with Gasteiger partial charge in [0, 0.05) is 0 Å². The van der Waals surface area contributed by atoms with E-state index in [0.717, 1.165) is 17.8 Å². The lowest BCUT2D eigenvalue weighted by Crippen LogP contribution is -2.48. The molecular formula is C25H32. The second-order valence-corrected chi connectivity index (χ2v) is 9.64. The zero-order valence-electron chi connectivity index (χ0n) is 15.9. The molecule has 0 N–H and O–H groups in total. The first kappa shape index (κ1) is 15.9. The van der Waals surface area contributed by atoms with Gasteiger partial charge in [0.25, 0.3) is 0 Å². The third-order valence-electron chi connectivity index (χ3n) is 8.68. The van der Waals surface area contributed by atoms with Gasteiger partial charge in [-0.05, 0) is 84.7 Å². The minimum absolute atomic E-state index is 0.402. The zero-order chi connectivity index (χ0) is 17.1. The Labute approximate surface area is 153 Å². The smallest absolute Gasteiger partial charge is 0.00383 e. The maximum absolute atomic E-state index is 2.69. The summed E-state index contributed by atoms with van der Waals surface area (Å²) in [4.78, 5) is 0. The van der Waals surface area contributed by atoms with Crippen molar-refractivity contribution in [1.82, 2.24) is 0 Å². The molecule has 5 rings (SSSR count). The molecule has 5 atom stereocenters. The van der Waals surface area contributed by atoms with E-state index >= 15 is 0 Å². The van der Waals surface area contributed by atoms with E-state index in [1.165, 1.54) is 56.9 Å². The van der Waals surface area contributed by atoms with Crippen LogP contribution in [-0.2, 0) is 0 Å². The molecule has 0 spiro atoms. The Balaban J connectivity index is 1.49. The summed E-state index contributed by atoms with van der Waals surface area (Å²) in [7, 11) is 0. The fourth-order valence-electron chi connectivity index (χ4n) is 7.33. The van der Waals surface area contributed by atoms with Crippen LogP contribution in [0.15, 0.2) is 48.1 Å². The molecule has 0 heteroatoms. The first-order valence-corrected chi connectivity index (χ1v) is 10.6. The highest BCUT2D eigenvalue weighted by Crippen LogP contribution is 2.66. The zero-order valence-corrected chi connectivity index (χ0v) is 15.9. The summed E-state index contributed by atoms with van der Waals surface area (Å²) in [6, 6.07) is 11.2. The number of hydrogen-bond donors (Lipinski definition) is 0. The van der Waals surface area contributed by atoms with Gasteiger partial charge in [-0.15, -0.1) is 0 Å². The van der Waals surface area contributed by atoms with Gasteiger partial charge in [-0.3, -0.25) is 0 Å². The van der Waals surface area contributed by atoms with Crippen LogP contribution in [0.3, 0.4) is 0 Å². The van der Waals surface area contributed by atoms with Crippen LogP contribution >= 0.6 is 0 Å². The molecule has 0 nitrogen and oxygen atoms in total. The lowest BCUT2D eigenvalue weighted by atomic mass is 9.47. The van der Waals surface area contributed by atoms with Crippen molar-refractivity contribution >= 4 is 5.57 Å². The number of rotatable bonds is 1. The summed E-state index contributed by atoms with van der Waals surface area (Å²) in [6.07, 6.45) is 16.5. The number of hydrogen-bond acceptors (Lipinski definition) is 0. The topological polar surface area (TPSA) is 0 Å². The van der Waals surface area contributed by atoms with Crippen molar-refractivity contribution in [3.8, 4) is 0 Å². The fourth-order valence-corrected chi connectivity index (χ4v) is 7.33. The predicted octanol–water partition coefficient (Wildman–Crippen LogP) is 7.03. The minimum atomic E-state index is 0.402. The molecule has 0 heterocycles. The number of fused-ring (bicyclic) bond motifs is 5. The summed E-state index contributed by atoms with van der Waals surface area (Å²) in [5.41, 5.74) is 5.89. The SMILES string of the molecule is C[C@]12CCCCC1=CCC1C2CC[C@]2(C)C(c3ccccc3)=CCC12. The molecule has 2 saturated carbocycles. The fraction of sp³-hybridized carbons (Fsp3) is 0.600. The van der Waals surface area contributed by atoms with Crippen molar-refractivity contribution in [1.29, 1.82) is 0 Å². The Hall–Kier alpha value is -1.30. The maximum Gasteiger partial charge on any atom is -0.00383 e. The number of allylic oxidation sites excluding steroid dienone is 4. The third-order valence-corrected chi connectivity index (χ3v) is 8.68. The summed E-state index contributed by atoms with van der Waals surface area (Å²) < 4.78 is 0. The van der Waals surface area contributed by atoms with Gasteiger partial charge in [0.15, 0.2) is 0 Å². The molecule has 0 bridgehead atoms. The molecular weight excluding hydrogens is 300 g/mol. The predicted molar refractivity (Wildman–Crippen MR) is 106 cm³/mol. The Bertz CT molecular complexity index is 724. The van der Waals surface area contributed by atoms with Crippen LogP contribution < -0.4 is 0 Å². The Kier molecular flexibility index (Phi) is 3.56. The van der Waals surface area contributed by atoms with E-state index in [2.05, 4.69) is 56.3 Å². The van der Waals surface area contributed by atoms with Gasteiger partial charge in [-0.1, -0.05) is 68.3 Å². The quantitative estimate of drug-likeness (QED) is 0.484. The second-order valence-electron chi connectivity index (χ2n) is 9.64. The first-order valence-electron chi connectivity index (χ1n) is 10.6. The molecule has 1 aromatic rings. The summed E-state index contributed by atoms with van der Waals surface area (Å²) >= 11 is 0. The summed E-state index contributed by atoms with van der Waals surface area (Å²) in [5, 5.41) is 0. The van der Waals surface area contributed by atoms with Crippen molar-refractivity contribution in [2.75, 3.05) is 0 Å². The Morgan fingerprint density at radius 3 is 2.52 bits per heavy atom. The van der Waals surface area contributed by atoms with Crippen LogP contribution in [0.1, 0.15) is 70.8 Å². The molecule has 0 aliphatic heterocycles. The number of benzene rings is 1. The van der Waals surface area contributed by atoms with Gasteiger partial charge < -0.3 is 0 Å². The molecule has 25 heavy (non-hydrogen) atoms. The lowest BCUT2D eigenvalue weighted by Gasteiger charge is -2.57. The molecule has 0 saturated heterocycles. The molecule has 2 fully saturated rings. The van der Waals surface area contributed by atoms with E-state index in [1.54, 1.807) is 5.57 Å². The Morgan fingerprint density at radius 1 is 0.840 bits per heavy atom. The molecule has 4 aliphatic rings. The molecule has 4 aliphatic carbocycles. The molecule has 3 unspecified atom stereocenters. The highest BCUT2D eigenvalue weighted by molar-refractivity contribution is 5.72. The van der Waals surface area contributed by atoms with Crippen LogP contribution in [0.4, 0.5) is 0 Å². The highest BCUT2D eigenvalue weighted by Gasteiger charge is 2.56. The monoisotopic (exact) mass is 332 g/mol. The van der Waals surface area contributed by atoms with Crippen molar-refractivity contribution < 1.29 is 0 Å². The first-order chi connectivity index (χ1) is 12.1. The van der Waals surface area contributed by atoms with Crippen LogP contribution in [0.25, 0.3) is 5.57 Å². The van der Waals surface area contributed by atoms with Crippen molar-refractivity contribution in [2.45, 2.75) is 65.2 Å². The summed E-state index contributed by atoms with van der Waals surface area (Å²) in [5.74, 6) is 2.70. The highest BCUT2D eigenvalue weighted by atomic mass is 14.6. The molecule has 0 aromatic heterocycles. The molecule has 0 amide bonds. The maximum atomic E-state index is 2.69. The largest absolute Gasteiger partial charge is 0.0845 e. The molecule has 0 radical (unpaired) electrons. The van der Waals surface area contributed by atoms with Crippen molar-refractivity contribution in [2.24, 2.45) is 28.6 Å². The molecule has 1 aromatic carbocycles. The second kappa shape index (κ2) is 5.60. The minimum Gasteiger partial charge on any atom is -0.0845 e. The average molecular weight is 333 g/mol. The van der Waals surface area contributed by atoms with Crippen LogP contribution in [-0.4, -0.2) is 0 Å². The van der Waals surface area contributed by atoms with E-state index in [0.29, 0.717) is 10.8 Å². The molecule has 132 valence electrons. The lowest BCUT2D eigenvalue weighted by molar-refractivity contribution is -0.00979. The van der Waals surface area contributed by atoms with Crippen LogP contribution in [0, 0.1) is 28.6 Å². The summed E-state index contributed by atoms with van der Waals surface area (Å²) in [6.45, 7) is 5.21. The van der Waals surface area contributed by atoms with Gasteiger partial charge in [0.2, 0.25) is 0 Å². The van der Waals surface area contributed by atoms with Crippen LogP contribution in [0.5, 0.6) is 0 Å². The van der Waals surface area contributed by atoms with E-state index in [1.807, 2.05) is 5.57 Å². The average Bonchev–Trinajstić information content (AvgIpc) is 2.99. The van der Waals surface area contributed by atoms with E-state index in [-0.39, 0.29) is 0 Å². The third kappa shape index (κ3) is 2.19.